The molecule has 0 fully saturated rings. The number of hydrogen-bond acceptors (Lipinski definition) is 2. The summed E-state index contributed by atoms with van der Waals surface area (Å²) in [5.74, 6) is 1.13. The van der Waals surface area contributed by atoms with Crippen LogP contribution in [-0.4, -0.2) is 31.7 Å². The SMILES string of the molecule is CN=C(NC)NCCCc1ccc(O)cc1.I. The first-order valence-corrected chi connectivity index (χ1v) is 5.42. The Morgan fingerprint density at radius 1 is 1.29 bits per heavy atom. The van der Waals surface area contributed by atoms with Crippen LogP contribution >= 0.6 is 24.0 Å². The van der Waals surface area contributed by atoms with E-state index in [0.29, 0.717) is 5.75 Å². The van der Waals surface area contributed by atoms with E-state index in [2.05, 4.69) is 15.6 Å². The van der Waals surface area contributed by atoms with Crippen LogP contribution in [0.2, 0.25) is 0 Å². The monoisotopic (exact) mass is 349 g/mol. The number of hydrogen-bond donors (Lipinski definition) is 3. The molecule has 0 saturated heterocycles. The molecule has 5 heteroatoms. The average Bonchev–Trinajstić information content (AvgIpc) is 2.32. The molecule has 0 amide bonds. The van der Waals surface area contributed by atoms with Crippen LogP contribution in [-0.2, 0) is 6.42 Å². The van der Waals surface area contributed by atoms with Gasteiger partial charge in [0.15, 0.2) is 5.96 Å². The summed E-state index contributed by atoms with van der Waals surface area (Å²) in [6.45, 7) is 0.883. The predicted molar refractivity (Wildman–Crippen MR) is 82.3 cm³/mol. The Morgan fingerprint density at radius 2 is 1.94 bits per heavy atom. The first-order chi connectivity index (χ1) is 7.76. The summed E-state index contributed by atoms with van der Waals surface area (Å²) in [5, 5.41) is 15.3. The molecule has 0 aliphatic heterocycles. The zero-order valence-electron chi connectivity index (χ0n) is 10.2. The molecular formula is C12H20IN3O. The van der Waals surface area contributed by atoms with Gasteiger partial charge in [-0.25, -0.2) is 0 Å². The second-order valence-electron chi connectivity index (χ2n) is 3.52. The van der Waals surface area contributed by atoms with Crippen molar-refractivity contribution >= 4 is 29.9 Å². The van der Waals surface area contributed by atoms with Crippen LogP contribution in [0.15, 0.2) is 29.3 Å². The van der Waals surface area contributed by atoms with E-state index >= 15 is 0 Å². The Kier molecular flexibility index (Phi) is 8.57. The number of aryl methyl sites for hydroxylation is 1. The number of phenols is 1. The third-order valence-electron chi connectivity index (χ3n) is 2.33. The number of rotatable bonds is 4. The number of phenolic OH excluding ortho intramolecular Hbond substituents is 1. The third-order valence-corrected chi connectivity index (χ3v) is 2.33. The Balaban J connectivity index is 0.00000256. The van der Waals surface area contributed by atoms with E-state index in [1.54, 1.807) is 19.2 Å². The largest absolute Gasteiger partial charge is 0.508 e. The van der Waals surface area contributed by atoms with Crippen LogP contribution in [0.3, 0.4) is 0 Å². The van der Waals surface area contributed by atoms with Gasteiger partial charge in [-0.3, -0.25) is 4.99 Å². The second-order valence-corrected chi connectivity index (χ2v) is 3.52. The molecule has 0 atom stereocenters. The molecule has 1 rings (SSSR count). The van der Waals surface area contributed by atoms with Gasteiger partial charge in [0, 0.05) is 20.6 Å². The molecule has 17 heavy (non-hydrogen) atoms. The summed E-state index contributed by atoms with van der Waals surface area (Å²) in [5.41, 5.74) is 1.24. The molecule has 0 heterocycles. The number of aromatic hydroxyl groups is 1. The molecule has 0 radical (unpaired) electrons. The third kappa shape index (κ3) is 6.35. The van der Waals surface area contributed by atoms with Crippen molar-refractivity contribution in [3.05, 3.63) is 29.8 Å². The summed E-state index contributed by atoms with van der Waals surface area (Å²) >= 11 is 0. The van der Waals surface area contributed by atoms with Crippen molar-refractivity contribution in [2.75, 3.05) is 20.6 Å². The molecule has 3 N–H and O–H groups in total. The van der Waals surface area contributed by atoms with E-state index in [1.165, 1.54) is 5.56 Å². The Bertz CT molecular complexity index is 338. The predicted octanol–water partition coefficient (Wildman–Crippen LogP) is 1.74. The molecule has 0 saturated carbocycles. The van der Waals surface area contributed by atoms with Crippen molar-refractivity contribution < 1.29 is 5.11 Å². The van der Waals surface area contributed by atoms with Crippen molar-refractivity contribution in [3.8, 4) is 5.75 Å². The summed E-state index contributed by atoms with van der Waals surface area (Å²) < 4.78 is 0. The summed E-state index contributed by atoms with van der Waals surface area (Å²) in [7, 11) is 3.59. The molecule has 4 nitrogen and oxygen atoms in total. The molecule has 0 aliphatic rings. The van der Waals surface area contributed by atoms with Gasteiger partial charge >= 0.3 is 0 Å². The van der Waals surface area contributed by atoms with E-state index in [1.807, 2.05) is 19.2 Å². The standard InChI is InChI=1S/C12H19N3O.HI/c1-13-12(14-2)15-9-3-4-10-5-7-11(16)8-6-10;/h5-8,16H,3-4,9H2,1-2H3,(H2,13,14,15);1H. The fourth-order valence-corrected chi connectivity index (χ4v) is 1.44. The zero-order chi connectivity index (χ0) is 11.8. The Hall–Kier alpha value is -0.980. The summed E-state index contributed by atoms with van der Waals surface area (Å²) in [4.78, 5) is 4.02. The molecule has 0 unspecified atom stereocenters. The maximum absolute atomic E-state index is 9.13. The lowest BCUT2D eigenvalue weighted by atomic mass is 10.1. The number of guanidine groups is 1. The van der Waals surface area contributed by atoms with Gasteiger partial charge in [0.25, 0.3) is 0 Å². The van der Waals surface area contributed by atoms with E-state index in [9.17, 15) is 0 Å². The van der Waals surface area contributed by atoms with Crippen LogP contribution < -0.4 is 10.6 Å². The molecule has 0 bridgehead atoms. The highest BCUT2D eigenvalue weighted by atomic mass is 127. The van der Waals surface area contributed by atoms with Crippen molar-refractivity contribution in [2.45, 2.75) is 12.8 Å². The van der Waals surface area contributed by atoms with Crippen molar-refractivity contribution in [1.82, 2.24) is 10.6 Å². The van der Waals surface area contributed by atoms with Gasteiger partial charge in [0.2, 0.25) is 0 Å². The van der Waals surface area contributed by atoms with Crippen molar-refractivity contribution in [3.63, 3.8) is 0 Å². The van der Waals surface area contributed by atoms with Crippen molar-refractivity contribution in [2.24, 2.45) is 4.99 Å². The molecular weight excluding hydrogens is 329 g/mol. The van der Waals surface area contributed by atoms with Crippen LogP contribution in [0.25, 0.3) is 0 Å². The minimum atomic E-state index is 0. The number of nitrogens with zero attached hydrogens (tertiary/aromatic N) is 1. The van der Waals surface area contributed by atoms with Gasteiger partial charge in [-0.1, -0.05) is 12.1 Å². The number of halogens is 1. The molecule has 0 spiro atoms. The maximum Gasteiger partial charge on any atom is 0.190 e. The zero-order valence-corrected chi connectivity index (χ0v) is 12.6. The van der Waals surface area contributed by atoms with E-state index < -0.39 is 0 Å². The second kappa shape index (κ2) is 9.09. The summed E-state index contributed by atoms with van der Waals surface area (Å²) in [6.07, 6.45) is 2.03. The van der Waals surface area contributed by atoms with Crippen LogP contribution in [0, 0.1) is 0 Å². The van der Waals surface area contributed by atoms with Gasteiger partial charge in [0.05, 0.1) is 0 Å². The summed E-state index contributed by atoms with van der Waals surface area (Å²) in [6, 6.07) is 7.33. The lowest BCUT2D eigenvalue weighted by molar-refractivity contribution is 0.475. The molecule has 1 aromatic rings. The number of benzene rings is 1. The van der Waals surface area contributed by atoms with E-state index in [4.69, 9.17) is 5.11 Å². The maximum atomic E-state index is 9.13. The lowest BCUT2D eigenvalue weighted by Crippen LogP contribution is -2.35. The topological polar surface area (TPSA) is 56.7 Å². The average molecular weight is 349 g/mol. The van der Waals surface area contributed by atoms with Gasteiger partial charge in [-0.15, -0.1) is 24.0 Å². The van der Waals surface area contributed by atoms with Gasteiger partial charge < -0.3 is 15.7 Å². The van der Waals surface area contributed by atoms with Gasteiger partial charge in [-0.05, 0) is 30.5 Å². The molecule has 1 aromatic carbocycles. The lowest BCUT2D eigenvalue weighted by Gasteiger charge is -2.08. The highest BCUT2D eigenvalue weighted by Crippen LogP contribution is 2.10. The quantitative estimate of drug-likeness (QED) is 0.336. The number of nitrogens with one attached hydrogen (secondary N) is 2. The van der Waals surface area contributed by atoms with Crippen LogP contribution in [0.4, 0.5) is 0 Å². The fourth-order valence-electron chi connectivity index (χ4n) is 1.44. The first kappa shape index (κ1) is 16.0. The van der Waals surface area contributed by atoms with E-state index in [0.717, 1.165) is 25.3 Å². The molecule has 0 aromatic heterocycles. The minimum absolute atomic E-state index is 0. The fraction of sp³-hybridized carbons (Fsp3) is 0.417. The Labute approximate surface area is 120 Å². The number of aliphatic imine (C=N–C) groups is 1. The first-order valence-electron chi connectivity index (χ1n) is 5.42. The highest BCUT2D eigenvalue weighted by Gasteiger charge is 1.95. The minimum Gasteiger partial charge on any atom is -0.508 e. The smallest absolute Gasteiger partial charge is 0.190 e. The van der Waals surface area contributed by atoms with Crippen molar-refractivity contribution in [1.29, 1.82) is 0 Å². The van der Waals surface area contributed by atoms with E-state index in [-0.39, 0.29) is 24.0 Å². The molecule has 0 aliphatic carbocycles. The highest BCUT2D eigenvalue weighted by molar-refractivity contribution is 14.0. The van der Waals surface area contributed by atoms with Gasteiger partial charge in [-0.2, -0.15) is 0 Å². The molecule has 96 valence electrons. The van der Waals surface area contributed by atoms with Gasteiger partial charge in [0.1, 0.15) is 5.75 Å². The van der Waals surface area contributed by atoms with Crippen LogP contribution in [0.5, 0.6) is 5.75 Å². The van der Waals surface area contributed by atoms with Crippen LogP contribution in [0.1, 0.15) is 12.0 Å². The normalized spacial score (nSPS) is 10.6. The Morgan fingerprint density at radius 3 is 2.47 bits per heavy atom.